The molecule has 0 amide bonds. The quantitative estimate of drug-likeness (QED) is 0.498. The first-order chi connectivity index (χ1) is 13.0. The van der Waals surface area contributed by atoms with Crippen molar-refractivity contribution < 1.29 is 12.9 Å². The molecule has 4 rings (SSSR count). The van der Waals surface area contributed by atoms with Gasteiger partial charge in [-0.1, -0.05) is 22.8 Å². The summed E-state index contributed by atoms with van der Waals surface area (Å²) in [6.45, 7) is 0. The van der Waals surface area contributed by atoms with Gasteiger partial charge in [-0.2, -0.15) is 4.98 Å². The normalized spacial score (nSPS) is 11.4. The zero-order chi connectivity index (χ0) is 18.9. The summed E-state index contributed by atoms with van der Waals surface area (Å²) in [4.78, 5) is 5.39. The number of benzene rings is 2. The molecule has 0 fully saturated rings. The highest BCUT2D eigenvalue weighted by molar-refractivity contribution is 7.92. The minimum absolute atomic E-state index is 0.134. The Morgan fingerprint density at radius 3 is 2.41 bits per heavy atom. The monoisotopic (exact) mass is 417 g/mol. The number of aromatic nitrogens is 2. The summed E-state index contributed by atoms with van der Waals surface area (Å²) in [6, 6.07) is 16.5. The van der Waals surface area contributed by atoms with Gasteiger partial charge in [0.15, 0.2) is 0 Å². The van der Waals surface area contributed by atoms with E-state index < -0.39 is 10.0 Å². The van der Waals surface area contributed by atoms with Gasteiger partial charge in [-0.15, -0.1) is 11.3 Å². The van der Waals surface area contributed by atoms with E-state index in [-0.39, 0.29) is 4.90 Å². The number of rotatable bonds is 5. The standard InChI is InChI=1S/C18H12ClN3O3S2/c19-13-5-9-15(10-6-13)27(23,24)22-14-7-3-12(4-8-14)17-20-18(25-21-17)16-2-1-11-26-16/h1-11,22H. The van der Waals surface area contributed by atoms with Crippen LogP contribution in [0.15, 0.2) is 75.5 Å². The fourth-order valence-electron chi connectivity index (χ4n) is 2.36. The van der Waals surface area contributed by atoms with E-state index in [1.165, 1.54) is 35.6 Å². The first kappa shape index (κ1) is 17.7. The average molecular weight is 418 g/mol. The van der Waals surface area contributed by atoms with Crippen LogP contribution in [0, 0.1) is 0 Å². The van der Waals surface area contributed by atoms with Crippen molar-refractivity contribution in [1.29, 1.82) is 0 Å². The second-order valence-electron chi connectivity index (χ2n) is 5.54. The maximum atomic E-state index is 12.4. The Morgan fingerprint density at radius 1 is 1.00 bits per heavy atom. The number of hydrogen-bond donors (Lipinski definition) is 1. The first-order valence-electron chi connectivity index (χ1n) is 7.78. The van der Waals surface area contributed by atoms with Gasteiger partial charge in [0.25, 0.3) is 15.9 Å². The summed E-state index contributed by atoms with van der Waals surface area (Å²) in [5.74, 6) is 0.887. The van der Waals surface area contributed by atoms with E-state index in [9.17, 15) is 8.42 Å². The summed E-state index contributed by atoms with van der Waals surface area (Å²) in [5.41, 5.74) is 1.15. The van der Waals surface area contributed by atoms with Crippen LogP contribution >= 0.6 is 22.9 Å². The lowest BCUT2D eigenvalue weighted by Gasteiger charge is -2.08. The summed E-state index contributed by atoms with van der Waals surface area (Å²) in [6.07, 6.45) is 0. The van der Waals surface area contributed by atoms with Crippen molar-refractivity contribution in [2.24, 2.45) is 0 Å². The van der Waals surface area contributed by atoms with E-state index in [4.69, 9.17) is 16.1 Å². The van der Waals surface area contributed by atoms with Crippen LogP contribution in [0.1, 0.15) is 0 Å². The van der Waals surface area contributed by atoms with Crippen LogP contribution in [0.4, 0.5) is 5.69 Å². The molecule has 2 aromatic carbocycles. The number of hydrogen-bond acceptors (Lipinski definition) is 6. The molecule has 0 bridgehead atoms. The molecule has 0 saturated heterocycles. The summed E-state index contributed by atoms with van der Waals surface area (Å²) < 4.78 is 32.6. The highest BCUT2D eigenvalue weighted by Crippen LogP contribution is 2.26. The average Bonchev–Trinajstić information content (AvgIpc) is 3.34. The molecule has 0 saturated carbocycles. The third-order valence-electron chi connectivity index (χ3n) is 3.68. The Kier molecular flexibility index (Phi) is 4.69. The minimum Gasteiger partial charge on any atom is -0.333 e. The van der Waals surface area contributed by atoms with Gasteiger partial charge in [0.2, 0.25) is 5.82 Å². The number of halogens is 1. The summed E-state index contributed by atoms with van der Waals surface area (Å²) in [5, 5.41) is 6.38. The molecule has 0 spiro atoms. The predicted octanol–water partition coefficient (Wildman–Crippen LogP) is 4.92. The molecule has 0 radical (unpaired) electrons. The predicted molar refractivity (Wildman–Crippen MR) is 105 cm³/mol. The molecule has 0 aliphatic carbocycles. The number of nitrogens with one attached hydrogen (secondary N) is 1. The smallest absolute Gasteiger partial charge is 0.268 e. The van der Waals surface area contributed by atoms with Gasteiger partial charge in [-0.05, 0) is 60.0 Å². The lowest BCUT2D eigenvalue weighted by Crippen LogP contribution is -2.12. The molecule has 27 heavy (non-hydrogen) atoms. The third kappa shape index (κ3) is 3.87. The van der Waals surface area contributed by atoms with E-state index in [1.54, 1.807) is 24.3 Å². The van der Waals surface area contributed by atoms with E-state index in [0.717, 1.165) is 10.4 Å². The molecule has 0 aliphatic heterocycles. The van der Waals surface area contributed by atoms with Gasteiger partial charge < -0.3 is 4.52 Å². The molecule has 0 atom stereocenters. The lowest BCUT2D eigenvalue weighted by atomic mass is 10.2. The second-order valence-corrected chi connectivity index (χ2v) is 8.60. The largest absolute Gasteiger partial charge is 0.333 e. The van der Waals surface area contributed by atoms with E-state index >= 15 is 0 Å². The van der Waals surface area contributed by atoms with Gasteiger partial charge in [0.05, 0.1) is 9.77 Å². The molecule has 0 aliphatic rings. The molecule has 136 valence electrons. The Bertz CT molecular complexity index is 1150. The fraction of sp³-hybridized carbons (Fsp3) is 0. The van der Waals surface area contributed by atoms with Gasteiger partial charge >= 0.3 is 0 Å². The molecule has 0 unspecified atom stereocenters. The van der Waals surface area contributed by atoms with Crippen molar-refractivity contribution in [3.63, 3.8) is 0 Å². The Hall–Kier alpha value is -2.68. The van der Waals surface area contributed by atoms with Crippen LogP contribution in [-0.2, 0) is 10.0 Å². The molecule has 6 nitrogen and oxygen atoms in total. The Balaban J connectivity index is 1.53. The maximum Gasteiger partial charge on any atom is 0.268 e. The van der Waals surface area contributed by atoms with E-state index in [1.807, 2.05) is 17.5 Å². The molecule has 9 heteroatoms. The minimum atomic E-state index is -3.69. The maximum absolute atomic E-state index is 12.4. The van der Waals surface area contributed by atoms with Gasteiger partial charge in [-0.3, -0.25) is 4.72 Å². The van der Waals surface area contributed by atoms with Crippen LogP contribution < -0.4 is 4.72 Å². The van der Waals surface area contributed by atoms with Crippen molar-refractivity contribution in [2.75, 3.05) is 4.72 Å². The summed E-state index contributed by atoms with van der Waals surface area (Å²) >= 11 is 7.31. The van der Waals surface area contributed by atoms with Crippen molar-refractivity contribution in [3.8, 4) is 22.2 Å². The van der Waals surface area contributed by atoms with Crippen LogP contribution in [0.3, 0.4) is 0 Å². The number of nitrogens with zero attached hydrogens (tertiary/aromatic N) is 2. The number of sulfonamides is 1. The highest BCUT2D eigenvalue weighted by atomic mass is 35.5. The van der Waals surface area contributed by atoms with Crippen molar-refractivity contribution in [3.05, 3.63) is 71.1 Å². The SMILES string of the molecule is O=S(=O)(Nc1ccc(-c2noc(-c3cccs3)n2)cc1)c1ccc(Cl)cc1. The summed E-state index contributed by atoms with van der Waals surface area (Å²) in [7, 11) is -3.69. The van der Waals surface area contributed by atoms with Crippen LogP contribution in [-0.4, -0.2) is 18.6 Å². The number of anilines is 1. The molecule has 4 aromatic rings. The zero-order valence-corrected chi connectivity index (χ0v) is 16.1. The van der Waals surface area contributed by atoms with E-state index in [0.29, 0.717) is 22.4 Å². The molecule has 2 heterocycles. The van der Waals surface area contributed by atoms with E-state index in [2.05, 4.69) is 14.9 Å². The first-order valence-corrected chi connectivity index (χ1v) is 10.5. The Morgan fingerprint density at radius 2 is 1.74 bits per heavy atom. The fourth-order valence-corrected chi connectivity index (χ4v) is 4.19. The van der Waals surface area contributed by atoms with Crippen LogP contribution in [0.25, 0.3) is 22.2 Å². The van der Waals surface area contributed by atoms with Crippen molar-refractivity contribution in [2.45, 2.75) is 4.90 Å². The zero-order valence-electron chi connectivity index (χ0n) is 13.7. The lowest BCUT2D eigenvalue weighted by molar-refractivity contribution is 0.433. The van der Waals surface area contributed by atoms with Gasteiger partial charge in [0.1, 0.15) is 0 Å². The van der Waals surface area contributed by atoms with Gasteiger partial charge in [-0.25, -0.2) is 8.42 Å². The topological polar surface area (TPSA) is 85.1 Å². The Labute approximate surface area is 164 Å². The van der Waals surface area contributed by atoms with Gasteiger partial charge in [0, 0.05) is 16.3 Å². The van der Waals surface area contributed by atoms with Crippen molar-refractivity contribution >= 4 is 38.6 Å². The number of thiophene rings is 1. The third-order valence-corrected chi connectivity index (χ3v) is 6.18. The molecular weight excluding hydrogens is 406 g/mol. The highest BCUT2D eigenvalue weighted by Gasteiger charge is 2.15. The molecule has 1 N–H and O–H groups in total. The molecular formula is C18H12ClN3O3S2. The van der Waals surface area contributed by atoms with Crippen LogP contribution in [0.2, 0.25) is 5.02 Å². The van der Waals surface area contributed by atoms with Crippen molar-refractivity contribution in [1.82, 2.24) is 10.1 Å². The molecule has 2 aromatic heterocycles. The second kappa shape index (κ2) is 7.15. The van der Waals surface area contributed by atoms with Crippen LogP contribution in [0.5, 0.6) is 0 Å².